The maximum Gasteiger partial charge on any atom is 0.119 e. The number of rotatable bonds is 4. The van der Waals surface area contributed by atoms with E-state index in [1.165, 1.54) is 0 Å². The number of benzene rings is 2. The molecule has 0 aliphatic rings. The second kappa shape index (κ2) is 6.03. The molecule has 0 aromatic heterocycles. The first-order chi connectivity index (χ1) is 9.24. The van der Waals surface area contributed by atoms with E-state index in [2.05, 4.69) is 6.07 Å². The average molecular weight is 253 g/mol. The standard InChI is InChI=1S/C16H15NO2/c1-2-19-15-5-3-4-14(10-15)16(18)13-8-6-12(11-17)7-9-13/h3-10,16,18H,2H2,1H3. The van der Waals surface area contributed by atoms with Gasteiger partial charge in [0.1, 0.15) is 11.9 Å². The summed E-state index contributed by atoms with van der Waals surface area (Å²) in [7, 11) is 0. The molecule has 0 fully saturated rings. The zero-order valence-corrected chi connectivity index (χ0v) is 10.7. The normalized spacial score (nSPS) is 11.6. The van der Waals surface area contributed by atoms with E-state index in [9.17, 15) is 5.11 Å². The quantitative estimate of drug-likeness (QED) is 0.911. The van der Waals surface area contributed by atoms with E-state index in [1.807, 2.05) is 31.2 Å². The van der Waals surface area contributed by atoms with E-state index >= 15 is 0 Å². The Hall–Kier alpha value is -2.31. The number of aliphatic hydroxyl groups is 1. The van der Waals surface area contributed by atoms with Crippen LogP contribution in [0.5, 0.6) is 5.75 Å². The van der Waals surface area contributed by atoms with E-state index in [1.54, 1.807) is 24.3 Å². The SMILES string of the molecule is CCOc1cccc(C(O)c2ccc(C#N)cc2)c1. The monoisotopic (exact) mass is 253 g/mol. The van der Waals surface area contributed by atoms with Gasteiger partial charge >= 0.3 is 0 Å². The largest absolute Gasteiger partial charge is 0.494 e. The maximum atomic E-state index is 10.3. The average Bonchev–Trinajstić information content (AvgIpc) is 2.47. The van der Waals surface area contributed by atoms with Crippen LogP contribution in [0.2, 0.25) is 0 Å². The minimum atomic E-state index is -0.715. The van der Waals surface area contributed by atoms with Crippen LogP contribution in [-0.2, 0) is 0 Å². The van der Waals surface area contributed by atoms with Crippen LogP contribution < -0.4 is 4.74 Å². The molecule has 3 heteroatoms. The maximum absolute atomic E-state index is 10.3. The fourth-order valence-electron chi connectivity index (χ4n) is 1.87. The Labute approximate surface area is 112 Å². The number of hydrogen-bond donors (Lipinski definition) is 1. The van der Waals surface area contributed by atoms with E-state index < -0.39 is 6.10 Å². The van der Waals surface area contributed by atoms with Crippen LogP contribution >= 0.6 is 0 Å². The molecule has 3 nitrogen and oxygen atoms in total. The predicted molar refractivity (Wildman–Crippen MR) is 72.8 cm³/mol. The molecule has 0 amide bonds. The van der Waals surface area contributed by atoms with Gasteiger partial charge in [-0.3, -0.25) is 0 Å². The van der Waals surface area contributed by atoms with E-state index in [0.29, 0.717) is 12.2 Å². The van der Waals surface area contributed by atoms with Gasteiger partial charge in [0.05, 0.1) is 18.2 Å². The molecule has 0 saturated carbocycles. The fraction of sp³-hybridized carbons (Fsp3) is 0.188. The Bertz CT molecular complexity index is 584. The van der Waals surface area contributed by atoms with Gasteiger partial charge in [-0.2, -0.15) is 5.26 Å². The summed E-state index contributed by atoms with van der Waals surface area (Å²) in [5, 5.41) is 19.1. The summed E-state index contributed by atoms with van der Waals surface area (Å²) in [5.74, 6) is 0.743. The molecule has 0 spiro atoms. The van der Waals surface area contributed by atoms with Crippen LogP contribution in [0.25, 0.3) is 0 Å². The van der Waals surface area contributed by atoms with Crippen molar-refractivity contribution in [3.8, 4) is 11.8 Å². The van der Waals surface area contributed by atoms with Crippen LogP contribution in [0.1, 0.15) is 29.7 Å². The highest BCUT2D eigenvalue weighted by molar-refractivity contribution is 5.38. The van der Waals surface area contributed by atoms with Crippen molar-refractivity contribution >= 4 is 0 Å². The highest BCUT2D eigenvalue weighted by atomic mass is 16.5. The minimum Gasteiger partial charge on any atom is -0.494 e. The molecule has 2 rings (SSSR count). The van der Waals surface area contributed by atoms with E-state index in [-0.39, 0.29) is 0 Å². The first kappa shape index (κ1) is 13.1. The Balaban J connectivity index is 2.25. The molecule has 1 N–H and O–H groups in total. The van der Waals surface area contributed by atoms with Gasteiger partial charge in [-0.05, 0) is 42.3 Å². The molecule has 19 heavy (non-hydrogen) atoms. The van der Waals surface area contributed by atoms with E-state index in [4.69, 9.17) is 10.00 Å². The number of hydrogen-bond acceptors (Lipinski definition) is 3. The van der Waals surface area contributed by atoms with Gasteiger partial charge < -0.3 is 9.84 Å². The molecule has 0 radical (unpaired) electrons. The molecule has 0 saturated heterocycles. The second-order valence-corrected chi connectivity index (χ2v) is 4.14. The van der Waals surface area contributed by atoms with Gasteiger partial charge in [-0.1, -0.05) is 24.3 Å². The van der Waals surface area contributed by atoms with Crippen LogP contribution in [-0.4, -0.2) is 11.7 Å². The smallest absolute Gasteiger partial charge is 0.119 e. The van der Waals surface area contributed by atoms with Gasteiger partial charge in [0.25, 0.3) is 0 Å². The molecule has 2 aromatic rings. The Kier molecular flexibility index (Phi) is 4.17. The zero-order chi connectivity index (χ0) is 13.7. The summed E-state index contributed by atoms with van der Waals surface area (Å²) < 4.78 is 5.41. The summed E-state index contributed by atoms with van der Waals surface area (Å²) in [6.07, 6.45) is -0.715. The predicted octanol–water partition coefficient (Wildman–Crippen LogP) is 3.04. The molecule has 1 atom stereocenters. The van der Waals surface area contributed by atoms with Gasteiger partial charge in [0.2, 0.25) is 0 Å². The molecule has 1 unspecified atom stereocenters. The van der Waals surface area contributed by atoms with Crippen molar-refractivity contribution < 1.29 is 9.84 Å². The van der Waals surface area contributed by atoms with Gasteiger partial charge in [0.15, 0.2) is 0 Å². The van der Waals surface area contributed by atoms with Crippen LogP contribution in [0.15, 0.2) is 48.5 Å². The molecule has 0 heterocycles. The van der Waals surface area contributed by atoms with Gasteiger partial charge in [0, 0.05) is 0 Å². The summed E-state index contributed by atoms with van der Waals surface area (Å²) >= 11 is 0. The van der Waals surface area contributed by atoms with Crippen molar-refractivity contribution in [2.75, 3.05) is 6.61 Å². The van der Waals surface area contributed by atoms with Crippen molar-refractivity contribution in [1.82, 2.24) is 0 Å². The molecule has 0 aliphatic heterocycles. The fourth-order valence-corrected chi connectivity index (χ4v) is 1.87. The molecule has 2 aromatic carbocycles. The number of nitrogens with zero attached hydrogens (tertiary/aromatic N) is 1. The summed E-state index contributed by atoms with van der Waals surface area (Å²) in [6.45, 7) is 2.51. The highest BCUT2D eigenvalue weighted by Gasteiger charge is 2.11. The lowest BCUT2D eigenvalue weighted by atomic mass is 10.0. The third-order valence-electron chi connectivity index (χ3n) is 2.84. The van der Waals surface area contributed by atoms with Crippen molar-refractivity contribution in [3.63, 3.8) is 0 Å². The first-order valence-corrected chi connectivity index (χ1v) is 6.15. The third-order valence-corrected chi connectivity index (χ3v) is 2.84. The Morgan fingerprint density at radius 1 is 1.16 bits per heavy atom. The summed E-state index contributed by atoms with van der Waals surface area (Å²) in [5.41, 5.74) is 2.11. The third kappa shape index (κ3) is 3.12. The van der Waals surface area contributed by atoms with Crippen LogP contribution in [0, 0.1) is 11.3 Å². The Morgan fingerprint density at radius 3 is 2.53 bits per heavy atom. The van der Waals surface area contributed by atoms with Crippen molar-refractivity contribution in [2.24, 2.45) is 0 Å². The molecule has 96 valence electrons. The molecular weight excluding hydrogens is 238 g/mol. The highest BCUT2D eigenvalue weighted by Crippen LogP contribution is 2.25. The molecule has 0 bridgehead atoms. The second-order valence-electron chi connectivity index (χ2n) is 4.14. The van der Waals surface area contributed by atoms with Crippen LogP contribution in [0.4, 0.5) is 0 Å². The summed E-state index contributed by atoms with van der Waals surface area (Å²) in [4.78, 5) is 0. The Morgan fingerprint density at radius 2 is 1.89 bits per heavy atom. The van der Waals surface area contributed by atoms with Gasteiger partial charge in [-0.15, -0.1) is 0 Å². The lowest BCUT2D eigenvalue weighted by Crippen LogP contribution is -2.00. The lowest BCUT2D eigenvalue weighted by molar-refractivity contribution is 0.219. The molecular formula is C16H15NO2. The van der Waals surface area contributed by atoms with E-state index in [0.717, 1.165) is 16.9 Å². The lowest BCUT2D eigenvalue weighted by Gasteiger charge is -2.13. The van der Waals surface area contributed by atoms with Gasteiger partial charge in [-0.25, -0.2) is 0 Å². The van der Waals surface area contributed by atoms with Crippen LogP contribution in [0.3, 0.4) is 0 Å². The number of aliphatic hydroxyl groups excluding tert-OH is 1. The molecule has 0 aliphatic carbocycles. The van der Waals surface area contributed by atoms with Crippen molar-refractivity contribution in [1.29, 1.82) is 5.26 Å². The zero-order valence-electron chi connectivity index (χ0n) is 10.7. The minimum absolute atomic E-state index is 0.582. The number of nitriles is 1. The van der Waals surface area contributed by atoms with Crippen molar-refractivity contribution in [2.45, 2.75) is 13.0 Å². The topological polar surface area (TPSA) is 53.2 Å². The summed E-state index contributed by atoms with van der Waals surface area (Å²) in [6, 6.07) is 16.4. The van der Waals surface area contributed by atoms with Crippen molar-refractivity contribution in [3.05, 3.63) is 65.2 Å². The number of ether oxygens (including phenoxy) is 1. The first-order valence-electron chi connectivity index (χ1n) is 6.15.